The van der Waals surface area contributed by atoms with E-state index in [4.69, 9.17) is 18.6 Å². The van der Waals surface area contributed by atoms with Crippen LogP contribution in [0.5, 0.6) is 0 Å². The predicted molar refractivity (Wildman–Crippen MR) is 179 cm³/mol. The van der Waals surface area contributed by atoms with Crippen LogP contribution in [-0.2, 0) is 24.9 Å². The summed E-state index contributed by atoms with van der Waals surface area (Å²) in [6, 6.07) is 18.4. The Morgan fingerprint density at radius 3 is 2.24 bits per heavy atom. The van der Waals surface area contributed by atoms with E-state index in [1.54, 1.807) is 18.3 Å². The third kappa shape index (κ3) is 6.99. The molecule has 5 rings (SSSR count). The van der Waals surface area contributed by atoms with Gasteiger partial charge in [-0.1, -0.05) is 71.9 Å². The zero-order chi connectivity index (χ0) is 33.1. The van der Waals surface area contributed by atoms with Gasteiger partial charge >= 0.3 is 14.5 Å². The minimum atomic E-state index is -2.94. The summed E-state index contributed by atoms with van der Waals surface area (Å²) in [6.45, 7) is 15.8. The second kappa shape index (κ2) is 13.6. The first-order chi connectivity index (χ1) is 21.8. The summed E-state index contributed by atoms with van der Waals surface area (Å²) in [7, 11) is -2.94. The number of imidazole rings is 1. The van der Waals surface area contributed by atoms with Gasteiger partial charge in [-0.25, -0.2) is 19.3 Å². The molecule has 0 bridgehead atoms. The van der Waals surface area contributed by atoms with E-state index in [0.29, 0.717) is 37.4 Å². The Balaban J connectivity index is 1.60. The zero-order valence-corrected chi connectivity index (χ0v) is 28.9. The number of esters is 1. The Morgan fingerprint density at radius 1 is 0.957 bits per heavy atom. The van der Waals surface area contributed by atoms with Crippen LogP contribution in [0.4, 0.5) is 4.39 Å². The van der Waals surface area contributed by atoms with Crippen molar-refractivity contribution in [1.29, 1.82) is 0 Å². The van der Waals surface area contributed by atoms with Crippen LogP contribution in [0.15, 0.2) is 73.2 Å². The molecule has 8 nitrogen and oxygen atoms in total. The Hall–Kier alpha value is -3.73. The molecule has 1 aliphatic rings. The number of aromatic nitrogens is 4. The normalized spacial score (nSPS) is 18.3. The van der Waals surface area contributed by atoms with Crippen molar-refractivity contribution in [3.8, 4) is 34.0 Å². The van der Waals surface area contributed by atoms with Gasteiger partial charge in [-0.15, -0.1) is 0 Å². The maximum Gasteiger partial charge on any atom is 0.349 e. The van der Waals surface area contributed by atoms with Crippen molar-refractivity contribution in [2.75, 3.05) is 6.61 Å². The van der Waals surface area contributed by atoms with E-state index in [1.807, 2.05) is 43.3 Å². The third-order valence-corrected chi connectivity index (χ3v) is 13.8. The summed E-state index contributed by atoms with van der Waals surface area (Å²) in [4.78, 5) is 26.5. The van der Waals surface area contributed by atoms with Crippen molar-refractivity contribution >= 4 is 14.5 Å². The lowest BCUT2D eigenvalue weighted by Crippen LogP contribution is -2.63. The van der Waals surface area contributed by atoms with Gasteiger partial charge in [-0.05, 0) is 50.1 Å². The van der Waals surface area contributed by atoms with Crippen molar-refractivity contribution in [1.82, 2.24) is 19.5 Å². The van der Waals surface area contributed by atoms with E-state index in [9.17, 15) is 9.18 Å². The topological polar surface area (TPSA) is 88.4 Å². The molecule has 2 aromatic carbocycles. The number of benzene rings is 2. The first-order valence-electron chi connectivity index (χ1n) is 16.0. The van der Waals surface area contributed by atoms with Gasteiger partial charge < -0.3 is 18.2 Å². The van der Waals surface area contributed by atoms with Gasteiger partial charge in [-0.3, -0.25) is 4.79 Å². The molecular weight excluding hydrogens is 600 g/mol. The molecule has 1 aliphatic heterocycles. The molecule has 10 heteroatoms. The van der Waals surface area contributed by atoms with Crippen LogP contribution in [-0.4, -0.2) is 52.9 Å². The molecule has 1 fully saturated rings. The number of carbonyl (C=O) groups is 1. The van der Waals surface area contributed by atoms with Crippen LogP contribution in [0.2, 0.25) is 10.1 Å². The van der Waals surface area contributed by atoms with E-state index in [2.05, 4.69) is 56.1 Å². The zero-order valence-electron chi connectivity index (χ0n) is 27.9. The molecule has 0 spiro atoms. The molecule has 3 heterocycles. The molecular formula is C36H45FN4O4Si. The van der Waals surface area contributed by atoms with Crippen LogP contribution in [0.1, 0.15) is 67.7 Å². The van der Waals surface area contributed by atoms with E-state index in [0.717, 1.165) is 22.6 Å². The molecule has 2 atom stereocenters. The summed E-state index contributed by atoms with van der Waals surface area (Å²) >= 11 is 0. The van der Waals surface area contributed by atoms with Gasteiger partial charge in [0.25, 0.3) is 0 Å². The van der Waals surface area contributed by atoms with Gasteiger partial charge in [-0.2, -0.15) is 0 Å². The Kier molecular flexibility index (Phi) is 9.91. The fourth-order valence-electron chi connectivity index (χ4n) is 6.69. The molecule has 0 amide bonds. The number of rotatable bonds is 9. The van der Waals surface area contributed by atoms with Gasteiger partial charge in [0, 0.05) is 33.9 Å². The maximum atomic E-state index is 14.1. The molecule has 0 aliphatic carbocycles. The fraction of sp³-hybridized carbons (Fsp3) is 0.444. The molecule has 0 unspecified atom stereocenters. The van der Waals surface area contributed by atoms with Gasteiger partial charge in [0.15, 0.2) is 0 Å². The minimum absolute atomic E-state index is 0.173. The molecule has 4 aromatic rings. The number of carbonyl (C=O) groups excluding carboxylic acids is 1. The van der Waals surface area contributed by atoms with Crippen LogP contribution >= 0.6 is 0 Å². The Bertz CT molecular complexity index is 1600. The van der Waals surface area contributed by atoms with Gasteiger partial charge in [0.1, 0.15) is 23.7 Å². The van der Waals surface area contributed by atoms with Crippen LogP contribution in [0, 0.1) is 5.82 Å². The van der Waals surface area contributed by atoms with Gasteiger partial charge in [0.2, 0.25) is 0 Å². The lowest BCUT2D eigenvalue weighted by Gasteiger charge is -2.55. The number of ether oxygens (including phenoxy) is 1. The third-order valence-electron chi connectivity index (χ3n) is 8.48. The Labute approximate surface area is 272 Å². The number of nitrogens with zero attached hydrogens (tertiary/aromatic N) is 4. The van der Waals surface area contributed by atoms with Crippen LogP contribution in [0.25, 0.3) is 34.0 Å². The second-order valence-electron chi connectivity index (χ2n) is 13.9. The average molecular weight is 645 g/mol. The molecule has 0 saturated carbocycles. The highest BCUT2D eigenvalue weighted by Gasteiger charge is 2.62. The molecule has 244 valence electrons. The quantitative estimate of drug-likeness (QED) is 0.134. The van der Waals surface area contributed by atoms with Crippen molar-refractivity contribution in [2.24, 2.45) is 0 Å². The van der Waals surface area contributed by atoms with Crippen molar-refractivity contribution in [3.63, 3.8) is 0 Å². The van der Waals surface area contributed by atoms with E-state index >= 15 is 0 Å². The lowest BCUT2D eigenvalue weighted by molar-refractivity contribution is -0.147. The monoisotopic (exact) mass is 644 g/mol. The molecule has 0 N–H and O–H groups in total. The minimum Gasteiger partial charge on any atom is -0.466 e. The fourth-order valence-corrected chi connectivity index (χ4v) is 11.7. The standard InChI is InChI=1S/C36H45FN4O4Si/c1-8-43-31(42)23-29-22-28(44-46(45-29,35(2,3)4)36(5,6)7)19-21-41-33(25-14-16-27(37)17-15-25)32(30-18-20-38-24-39-30)40-34(41)26-12-10-9-11-13-26/h9-18,20,24,28-29H,8,19,21-23H2,1-7H3/t28-,29-/m0/s1. The van der Waals surface area contributed by atoms with E-state index in [1.165, 1.54) is 18.5 Å². The summed E-state index contributed by atoms with van der Waals surface area (Å²) in [6.07, 6.45) is 4.12. The lowest BCUT2D eigenvalue weighted by atomic mass is 10.1. The highest BCUT2D eigenvalue weighted by atomic mass is 28.4. The predicted octanol–water partition coefficient (Wildman–Crippen LogP) is 8.37. The molecule has 46 heavy (non-hydrogen) atoms. The Morgan fingerprint density at radius 2 is 1.63 bits per heavy atom. The van der Waals surface area contributed by atoms with Crippen molar-refractivity contribution < 1.29 is 22.8 Å². The number of hydrogen-bond donors (Lipinski definition) is 0. The van der Waals surface area contributed by atoms with Crippen LogP contribution in [0.3, 0.4) is 0 Å². The maximum absolute atomic E-state index is 14.1. The first kappa shape index (κ1) is 33.6. The number of halogens is 1. The second-order valence-corrected chi connectivity index (χ2v) is 18.6. The SMILES string of the molecule is CCOC(=O)C[C@@H]1C[C@H](CCn2c(-c3ccccc3)nc(-c3ccncn3)c2-c2ccc(F)cc2)O[Si](C(C)(C)C)(C(C)(C)C)O1. The molecule has 0 radical (unpaired) electrons. The summed E-state index contributed by atoms with van der Waals surface area (Å²) in [5, 5.41) is -0.527. The van der Waals surface area contributed by atoms with E-state index in [-0.39, 0.29) is 40.5 Å². The average Bonchev–Trinajstić information content (AvgIpc) is 3.39. The first-order valence-corrected chi connectivity index (χ1v) is 17.8. The molecule has 1 saturated heterocycles. The summed E-state index contributed by atoms with van der Waals surface area (Å²) in [5.74, 6) is 0.211. The highest BCUT2D eigenvalue weighted by Crippen LogP contribution is 2.55. The van der Waals surface area contributed by atoms with Gasteiger partial charge in [0.05, 0.1) is 36.6 Å². The number of hydrogen-bond acceptors (Lipinski definition) is 7. The van der Waals surface area contributed by atoms with Crippen molar-refractivity contribution in [2.45, 2.75) is 96.6 Å². The van der Waals surface area contributed by atoms with E-state index < -0.39 is 8.56 Å². The summed E-state index contributed by atoms with van der Waals surface area (Å²) in [5.41, 5.74) is 3.98. The van der Waals surface area contributed by atoms with Crippen LogP contribution < -0.4 is 0 Å². The molecule has 2 aromatic heterocycles. The van der Waals surface area contributed by atoms with Crippen molar-refractivity contribution in [3.05, 3.63) is 79.0 Å². The smallest absolute Gasteiger partial charge is 0.349 e. The summed E-state index contributed by atoms with van der Waals surface area (Å²) < 4.78 is 35.7. The highest BCUT2D eigenvalue weighted by molar-refractivity contribution is 6.73. The largest absolute Gasteiger partial charge is 0.466 e.